The zero-order valence-electron chi connectivity index (χ0n) is 8.67. The minimum Gasteiger partial charge on any atom is -0.462 e. The predicted octanol–water partition coefficient (Wildman–Crippen LogP) is -0.0672. The molecule has 15 heavy (non-hydrogen) atoms. The van der Waals surface area contributed by atoms with Crippen LogP contribution in [0, 0.1) is 0 Å². The third-order valence-electron chi connectivity index (χ3n) is 1.22. The van der Waals surface area contributed by atoms with E-state index in [0.29, 0.717) is 0 Å². The Morgan fingerprint density at radius 3 is 2.53 bits per heavy atom. The molecule has 83 valence electrons. The molecule has 1 N–H and O–H groups in total. The van der Waals surface area contributed by atoms with Gasteiger partial charge in [-0.3, -0.25) is 4.55 Å². The Morgan fingerprint density at radius 1 is 1.60 bits per heavy atom. The third-order valence-corrected chi connectivity index (χ3v) is 1.79. The smallest absolute Gasteiger partial charge is 0.397 e. The van der Waals surface area contributed by atoms with Crippen molar-refractivity contribution in [3.8, 4) is 0 Å². The van der Waals surface area contributed by atoms with Gasteiger partial charge in [-0.05, 0) is 6.92 Å². The van der Waals surface area contributed by atoms with E-state index in [4.69, 9.17) is 4.55 Å². The van der Waals surface area contributed by atoms with Crippen LogP contribution < -0.4 is 0 Å². The van der Waals surface area contributed by atoms with Gasteiger partial charge < -0.3 is 4.74 Å². The van der Waals surface area contributed by atoms with Gasteiger partial charge >= 0.3 is 16.4 Å². The summed E-state index contributed by atoms with van der Waals surface area (Å²) < 4.78 is 37.4. The van der Waals surface area contributed by atoms with Crippen molar-refractivity contribution < 1.29 is 26.7 Å². The molecule has 0 aliphatic heterocycles. The van der Waals surface area contributed by atoms with Gasteiger partial charge in [-0.1, -0.05) is 6.58 Å². The van der Waals surface area contributed by atoms with Crippen LogP contribution in [0.25, 0.3) is 0 Å². The molecular formula is C7H12NaO6S. The van der Waals surface area contributed by atoms with Crippen LogP contribution in [0.4, 0.5) is 0 Å². The van der Waals surface area contributed by atoms with Gasteiger partial charge in [-0.15, -0.1) is 0 Å². The number of carbonyl (C=O) groups is 1. The Balaban J connectivity index is 0. The molecule has 0 heterocycles. The first-order chi connectivity index (χ1) is 6.35. The first-order valence-electron chi connectivity index (χ1n) is 3.80. The third kappa shape index (κ3) is 12.0. The number of rotatable bonds is 6. The van der Waals surface area contributed by atoms with Crippen molar-refractivity contribution in [3.63, 3.8) is 0 Å². The van der Waals surface area contributed by atoms with Crippen LogP contribution in [-0.2, 0) is 24.1 Å². The van der Waals surface area contributed by atoms with E-state index in [1.807, 2.05) is 0 Å². The van der Waals surface area contributed by atoms with Crippen molar-refractivity contribution in [2.45, 2.75) is 19.4 Å². The first-order valence-corrected chi connectivity index (χ1v) is 5.16. The van der Waals surface area contributed by atoms with Gasteiger partial charge in [0, 0.05) is 42.1 Å². The van der Waals surface area contributed by atoms with E-state index >= 15 is 0 Å². The Labute approximate surface area is 111 Å². The van der Waals surface area contributed by atoms with Crippen LogP contribution in [0.5, 0.6) is 0 Å². The largest absolute Gasteiger partial charge is 0.462 e. The zero-order valence-corrected chi connectivity index (χ0v) is 11.5. The van der Waals surface area contributed by atoms with Gasteiger partial charge in [0.25, 0.3) is 0 Å². The summed E-state index contributed by atoms with van der Waals surface area (Å²) in [4.78, 5) is 10.5. The number of hydrogen-bond acceptors (Lipinski definition) is 5. The number of ether oxygens (including phenoxy) is 1. The second-order valence-corrected chi connectivity index (χ2v) is 3.54. The molecule has 1 radical (unpaired) electrons. The van der Waals surface area contributed by atoms with Crippen molar-refractivity contribution in [2.75, 3.05) is 6.61 Å². The molecule has 0 spiro atoms. The number of carbonyl (C=O) groups excluding carboxylic acids is 1. The molecule has 1 unspecified atom stereocenters. The fraction of sp³-hybridized carbons (Fsp3) is 0.571. The Hall–Kier alpha value is 0.0800. The molecular weight excluding hydrogens is 235 g/mol. The fourth-order valence-electron chi connectivity index (χ4n) is 0.640. The molecule has 1 atom stereocenters. The standard InChI is InChI=1S/C7H12O6S.Na/c1-3-7(8)12-5-4-6(2)13-14(9,10)11;/h3,6H,1,4-5H2,2H3,(H,9,10,11);. The summed E-state index contributed by atoms with van der Waals surface area (Å²) in [7, 11) is -4.44. The molecule has 0 aliphatic carbocycles. The maximum Gasteiger partial charge on any atom is 0.397 e. The molecule has 0 aromatic heterocycles. The average Bonchev–Trinajstić information content (AvgIpc) is 2.00. The maximum atomic E-state index is 10.5. The predicted molar refractivity (Wildman–Crippen MR) is 53.6 cm³/mol. The Kier molecular flexibility index (Phi) is 9.62. The molecule has 0 aromatic rings. The van der Waals surface area contributed by atoms with Gasteiger partial charge in [0.1, 0.15) is 0 Å². The van der Waals surface area contributed by atoms with E-state index in [1.54, 1.807) is 0 Å². The second-order valence-electron chi connectivity index (χ2n) is 2.49. The van der Waals surface area contributed by atoms with Crippen LogP contribution in [0.2, 0.25) is 0 Å². The molecule has 0 bridgehead atoms. The van der Waals surface area contributed by atoms with Crippen molar-refractivity contribution in [1.82, 2.24) is 0 Å². The molecule has 0 aromatic carbocycles. The minimum absolute atomic E-state index is 0. The van der Waals surface area contributed by atoms with Crippen molar-refractivity contribution in [1.29, 1.82) is 0 Å². The van der Waals surface area contributed by atoms with Crippen LogP contribution >= 0.6 is 0 Å². The quantitative estimate of drug-likeness (QED) is 0.306. The van der Waals surface area contributed by atoms with Gasteiger partial charge in [-0.2, -0.15) is 8.42 Å². The van der Waals surface area contributed by atoms with Crippen molar-refractivity contribution in [2.24, 2.45) is 0 Å². The van der Waals surface area contributed by atoms with Crippen LogP contribution in [0.3, 0.4) is 0 Å². The number of esters is 1. The molecule has 0 rings (SSSR count). The SMILES string of the molecule is C=CC(=O)OCCC(C)OS(=O)(=O)O.[Na]. The fourth-order valence-corrected chi connectivity index (χ4v) is 1.15. The monoisotopic (exact) mass is 247 g/mol. The van der Waals surface area contributed by atoms with Gasteiger partial charge in [-0.25, -0.2) is 8.98 Å². The second kappa shape index (κ2) is 8.26. The van der Waals surface area contributed by atoms with Crippen molar-refractivity contribution in [3.05, 3.63) is 12.7 Å². The number of hydrogen-bond donors (Lipinski definition) is 1. The summed E-state index contributed by atoms with van der Waals surface area (Å²) >= 11 is 0. The van der Waals surface area contributed by atoms with E-state index in [-0.39, 0.29) is 42.6 Å². The minimum atomic E-state index is -4.44. The summed E-state index contributed by atoms with van der Waals surface area (Å²) in [6.07, 6.45) is 0.413. The summed E-state index contributed by atoms with van der Waals surface area (Å²) in [5.74, 6) is -0.593. The van der Waals surface area contributed by atoms with Gasteiger partial charge in [0.15, 0.2) is 0 Å². The topological polar surface area (TPSA) is 89.9 Å². The van der Waals surface area contributed by atoms with Gasteiger partial charge in [0.05, 0.1) is 12.7 Å². The van der Waals surface area contributed by atoms with Gasteiger partial charge in [0.2, 0.25) is 0 Å². The van der Waals surface area contributed by atoms with E-state index in [9.17, 15) is 13.2 Å². The zero-order chi connectivity index (χ0) is 11.2. The molecule has 0 fully saturated rings. The Bertz CT molecular complexity index is 299. The normalized spacial score (nSPS) is 12.4. The summed E-state index contributed by atoms with van der Waals surface area (Å²) in [5.41, 5.74) is 0. The maximum absolute atomic E-state index is 10.5. The summed E-state index contributed by atoms with van der Waals surface area (Å²) in [6.45, 7) is 4.60. The Morgan fingerprint density at radius 2 is 2.13 bits per heavy atom. The van der Waals surface area contributed by atoms with E-state index in [0.717, 1.165) is 6.08 Å². The van der Waals surface area contributed by atoms with Crippen molar-refractivity contribution >= 4 is 45.9 Å². The summed E-state index contributed by atoms with van der Waals surface area (Å²) in [6, 6.07) is 0. The van der Waals surface area contributed by atoms with E-state index in [1.165, 1.54) is 6.92 Å². The van der Waals surface area contributed by atoms with Crippen LogP contribution in [0.15, 0.2) is 12.7 Å². The van der Waals surface area contributed by atoms with E-state index < -0.39 is 22.5 Å². The molecule has 0 aliphatic rings. The van der Waals surface area contributed by atoms with E-state index in [2.05, 4.69) is 15.5 Å². The van der Waals surface area contributed by atoms with Crippen LogP contribution in [0.1, 0.15) is 13.3 Å². The van der Waals surface area contributed by atoms with Crippen LogP contribution in [-0.4, -0.2) is 61.2 Å². The molecule has 0 saturated carbocycles. The summed E-state index contributed by atoms with van der Waals surface area (Å²) in [5, 5.41) is 0. The average molecular weight is 247 g/mol. The molecule has 0 amide bonds. The molecule has 6 nitrogen and oxygen atoms in total. The molecule has 8 heteroatoms. The first kappa shape index (κ1) is 17.5. The molecule has 0 saturated heterocycles.